The summed E-state index contributed by atoms with van der Waals surface area (Å²) in [5.74, 6) is 0. The smallest absolute Gasteiger partial charge is 0.274 e. The average molecular weight is 227 g/mol. The molecule has 15 heavy (non-hydrogen) atoms. The molecule has 1 aromatic rings. The maximum Gasteiger partial charge on any atom is 0.274 e. The van der Waals surface area contributed by atoms with Crippen LogP contribution in [0.1, 0.15) is 5.56 Å². The molecule has 0 bridgehead atoms. The summed E-state index contributed by atoms with van der Waals surface area (Å²) in [4.78, 5) is 10.2. The van der Waals surface area contributed by atoms with Gasteiger partial charge in [-0.05, 0) is 13.0 Å². The number of nitro groups is 1. The van der Waals surface area contributed by atoms with Gasteiger partial charge in [0.25, 0.3) is 5.69 Å². The van der Waals surface area contributed by atoms with Gasteiger partial charge in [-0.15, -0.1) is 0 Å². The molecule has 5 heteroatoms. The maximum absolute atomic E-state index is 10.6. The lowest BCUT2D eigenvalue weighted by atomic mass is 10.2. The standard InChI is InChI=1S/C10H11ClN2O2/c1-7-3-4-9(12-6-8(2)11)5-10(7)13(14)15/h3-5,12H,2,6H2,1H3. The number of rotatable bonds is 4. The number of halogens is 1. The van der Waals surface area contributed by atoms with Gasteiger partial charge in [-0.25, -0.2) is 0 Å². The van der Waals surface area contributed by atoms with E-state index in [0.717, 1.165) is 0 Å². The van der Waals surface area contributed by atoms with Crippen LogP contribution in [0, 0.1) is 17.0 Å². The molecule has 0 aliphatic rings. The van der Waals surface area contributed by atoms with Crippen LogP contribution in [-0.2, 0) is 0 Å². The molecule has 0 aromatic heterocycles. The number of nitrogens with zero attached hydrogens (tertiary/aromatic N) is 1. The van der Waals surface area contributed by atoms with Crippen LogP contribution in [-0.4, -0.2) is 11.5 Å². The summed E-state index contributed by atoms with van der Waals surface area (Å²) in [6.45, 7) is 5.60. The third-order valence-corrected chi connectivity index (χ3v) is 2.02. The van der Waals surface area contributed by atoms with E-state index in [1.807, 2.05) is 0 Å². The molecule has 1 N–H and O–H groups in total. The zero-order valence-corrected chi connectivity index (χ0v) is 9.04. The van der Waals surface area contributed by atoms with Crippen LogP contribution in [0.3, 0.4) is 0 Å². The first-order chi connectivity index (χ1) is 7.00. The Bertz CT molecular complexity index is 404. The van der Waals surface area contributed by atoms with Gasteiger partial charge in [0.1, 0.15) is 0 Å². The molecule has 0 unspecified atom stereocenters. The van der Waals surface area contributed by atoms with Gasteiger partial charge in [-0.3, -0.25) is 10.1 Å². The number of hydrogen-bond acceptors (Lipinski definition) is 3. The van der Waals surface area contributed by atoms with E-state index in [2.05, 4.69) is 11.9 Å². The lowest BCUT2D eigenvalue weighted by Crippen LogP contribution is -2.01. The quantitative estimate of drug-likeness (QED) is 0.634. The second kappa shape index (κ2) is 4.79. The van der Waals surface area contributed by atoms with Crippen molar-refractivity contribution in [2.24, 2.45) is 0 Å². The Morgan fingerprint density at radius 1 is 1.67 bits per heavy atom. The van der Waals surface area contributed by atoms with Crippen molar-refractivity contribution < 1.29 is 4.92 Å². The summed E-state index contributed by atoms with van der Waals surface area (Å²) < 4.78 is 0. The van der Waals surface area contributed by atoms with Crippen molar-refractivity contribution in [3.63, 3.8) is 0 Å². The highest BCUT2D eigenvalue weighted by molar-refractivity contribution is 6.29. The SMILES string of the molecule is C=C(Cl)CNc1ccc(C)c([N+](=O)[O-])c1. The average Bonchev–Trinajstić information content (AvgIpc) is 2.16. The van der Waals surface area contributed by atoms with Crippen LogP contribution in [0.4, 0.5) is 11.4 Å². The van der Waals surface area contributed by atoms with Gasteiger partial charge in [0, 0.05) is 22.3 Å². The molecule has 0 heterocycles. The summed E-state index contributed by atoms with van der Waals surface area (Å²) in [5.41, 5.74) is 1.39. The Morgan fingerprint density at radius 3 is 2.87 bits per heavy atom. The first-order valence-electron chi connectivity index (χ1n) is 4.33. The largest absolute Gasteiger partial charge is 0.380 e. The first kappa shape index (κ1) is 11.5. The summed E-state index contributed by atoms with van der Waals surface area (Å²) in [6.07, 6.45) is 0. The number of anilines is 1. The molecule has 0 amide bonds. The van der Waals surface area contributed by atoms with Crippen LogP contribution in [0.5, 0.6) is 0 Å². The molecule has 0 fully saturated rings. The van der Waals surface area contributed by atoms with Crippen molar-refractivity contribution in [3.05, 3.63) is 45.5 Å². The fourth-order valence-electron chi connectivity index (χ4n) is 1.11. The molecule has 0 aliphatic heterocycles. The van der Waals surface area contributed by atoms with Crippen molar-refractivity contribution >= 4 is 23.0 Å². The second-order valence-electron chi connectivity index (χ2n) is 3.13. The molecule has 0 radical (unpaired) electrons. The fraction of sp³-hybridized carbons (Fsp3) is 0.200. The van der Waals surface area contributed by atoms with Crippen molar-refractivity contribution in [2.45, 2.75) is 6.92 Å². The molecular weight excluding hydrogens is 216 g/mol. The van der Waals surface area contributed by atoms with E-state index in [1.54, 1.807) is 19.1 Å². The molecule has 0 aliphatic carbocycles. The minimum absolute atomic E-state index is 0.0974. The maximum atomic E-state index is 10.6. The zero-order valence-electron chi connectivity index (χ0n) is 8.29. The van der Waals surface area contributed by atoms with E-state index in [1.165, 1.54) is 6.07 Å². The topological polar surface area (TPSA) is 55.2 Å². The van der Waals surface area contributed by atoms with Gasteiger partial charge in [-0.2, -0.15) is 0 Å². The summed E-state index contributed by atoms with van der Waals surface area (Å²) in [5, 5.41) is 14.0. The highest BCUT2D eigenvalue weighted by Gasteiger charge is 2.10. The number of nitrogens with one attached hydrogen (secondary N) is 1. The molecular formula is C10H11ClN2O2. The monoisotopic (exact) mass is 226 g/mol. The lowest BCUT2D eigenvalue weighted by Gasteiger charge is -2.05. The number of nitro benzene ring substituents is 1. The number of benzene rings is 1. The number of hydrogen-bond donors (Lipinski definition) is 1. The number of aryl methyl sites for hydroxylation is 1. The Hall–Kier alpha value is -1.55. The van der Waals surface area contributed by atoms with E-state index in [4.69, 9.17) is 11.6 Å². The second-order valence-corrected chi connectivity index (χ2v) is 3.66. The van der Waals surface area contributed by atoms with Crippen molar-refractivity contribution in [1.82, 2.24) is 0 Å². The van der Waals surface area contributed by atoms with Crippen LogP contribution in [0.2, 0.25) is 0 Å². The predicted octanol–water partition coefficient (Wildman–Crippen LogP) is 3.07. The van der Waals surface area contributed by atoms with E-state index < -0.39 is 4.92 Å². The molecule has 0 saturated heterocycles. The molecule has 0 saturated carbocycles. The molecule has 0 atom stereocenters. The van der Waals surface area contributed by atoms with Crippen LogP contribution in [0.15, 0.2) is 29.8 Å². The highest BCUT2D eigenvalue weighted by atomic mass is 35.5. The van der Waals surface area contributed by atoms with Crippen LogP contribution >= 0.6 is 11.6 Å². The Labute approximate surface area is 92.7 Å². The van der Waals surface area contributed by atoms with Gasteiger partial charge in [0.2, 0.25) is 0 Å². The van der Waals surface area contributed by atoms with Crippen LogP contribution < -0.4 is 5.32 Å². The van der Waals surface area contributed by atoms with Crippen molar-refractivity contribution in [2.75, 3.05) is 11.9 Å². The Kier molecular flexibility index (Phi) is 3.68. The van der Waals surface area contributed by atoms with Gasteiger partial charge < -0.3 is 5.32 Å². The first-order valence-corrected chi connectivity index (χ1v) is 4.70. The van der Waals surface area contributed by atoms with Gasteiger partial charge in [-0.1, -0.05) is 24.2 Å². The zero-order chi connectivity index (χ0) is 11.4. The van der Waals surface area contributed by atoms with E-state index in [0.29, 0.717) is 22.8 Å². The van der Waals surface area contributed by atoms with E-state index >= 15 is 0 Å². The molecule has 0 spiro atoms. The fourth-order valence-corrected chi connectivity index (χ4v) is 1.18. The summed E-state index contributed by atoms with van der Waals surface area (Å²) >= 11 is 5.57. The van der Waals surface area contributed by atoms with Gasteiger partial charge in [0.15, 0.2) is 0 Å². The van der Waals surface area contributed by atoms with Crippen LogP contribution in [0.25, 0.3) is 0 Å². The molecule has 1 aromatic carbocycles. The van der Waals surface area contributed by atoms with E-state index in [9.17, 15) is 10.1 Å². The Balaban J connectivity index is 2.87. The van der Waals surface area contributed by atoms with Crippen molar-refractivity contribution in [3.8, 4) is 0 Å². The minimum Gasteiger partial charge on any atom is -0.380 e. The molecule has 4 nitrogen and oxygen atoms in total. The normalized spacial score (nSPS) is 9.73. The highest BCUT2D eigenvalue weighted by Crippen LogP contribution is 2.22. The minimum atomic E-state index is -0.407. The summed E-state index contributed by atoms with van der Waals surface area (Å²) in [7, 11) is 0. The predicted molar refractivity (Wildman–Crippen MR) is 61.3 cm³/mol. The Morgan fingerprint density at radius 2 is 2.33 bits per heavy atom. The lowest BCUT2D eigenvalue weighted by molar-refractivity contribution is -0.385. The van der Waals surface area contributed by atoms with Gasteiger partial charge >= 0.3 is 0 Å². The van der Waals surface area contributed by atoms with Crippen molar-refractivity contribution in [1.29, 1.82) is 0 Å². The third-order valence-electron chi connectivity index (χ3n) is 1.89. The van der Waals surface area contributed by atoms with E-state index in [-0.39, 0.29) is 5.69 Å². The van der Waals surface area contributed by atoms with Gasteiger partial charge in [0.05, 0.1) is 11.5 Å². The molecule has 1 rings (SSSR count). The summed E-state index contributed by atoms with van der Waals surface area (Å²) in [6, 6.07) is 4.94. The third kappa shape index (κ3) is 3.25. The molecule has 80 valence electrons.